The number of hydrogen-bond acceptors (Lipinski definition) is 2. The lowest BCUT2D eigenvalue weighted by molar-refractivity contribution is -0.139. The first-order chi connectivity index (χ1) is 12.1. The van der Waals surface area contributed by atoms with E-state index in [0.717, 1.165) is 36.8 Å². The van der Waals surface area contributed by atoms with Crippen molar-refractivity contribution in [2.45, 2.75) is 45.1 Å². The van der Waals surface area contributed by atoms with E-state index in [1.54, 1.807) is 12.1 Å². The number of hydrogen-bond donors (Lipinski definition) is 2. The first kappa shape index (κ1) is 18.7. The van der Waals surface area contributed by atoms with Crippen molar-refractivity contribution in [1.82, 2.24) is 5.32 Å². The summed E-state index contributed by atoms with van der Waals surface area (Å²) >= 11 is 0. The SMILES string of the molecule is CCCCCC[C@H](NC(=O)c1ccc(-c2ccccc2)cc1)C(=O)O. The van der Waals surface area contributed by atoms with E-state index in [9.17, 15) is 14.7 Å². The molecule has 2 aromatic rings. The van der Waals surface area contributed by atoms with Gasteiger partial charge in [0, 0.05) is 5.56 Å². The first-order valence-electron chi connectivity index (χ1n) is 8.81. The zero-order valence-electron chi connectivity index (χ0n) is 14.6. The van der Waals surface area contributed by atoms with E-state index in [0.29, 0.717) is 12.0 Å². The Morgan fingerprint density at radius 1 is 0.920 bits per heavy atom. The maximum atomic E-state index is 12.3. The Kier molecular flexibility index (Phi) is 7.20. The highest BCUT2D eigenvalue weighted by Crippen LogP contribution is 2.19. The van der Waals surface area contributed by atoms with E-state index in [1.807, 2.05) is 42.5 Å². The van der Waals surface area contributed by atoms with E-state index in [4.69, 9.17) is 0 Å². The van der Waals surface area contributed by atoms with Crippen LogP contribution in [0, 0.1) is 0 Å². The molecule has 0 heterocycles. The topological polar surface area (TPSA) is 66.4 Å². The van der Waals surface area contributed by atoms with E-state index in [1.165, 1.54) is 0 Å². The van der Waals surface area contributed by atoms with Crippen LogP contribution in [0.15, 0.2) is 54.6 Å². The molecule has 0 spiro atoms. The molecule has 0 fully saturated rings. The van der Waals surface area contributed by atoms with Gasteiger partial charge >= 0.3 is 5.97 Å². The van der Waals surface area contributed by atoms with Crippen LogP contribution in [0.3, 0.4) is 0 Å². The third-order valence-electron chi connectivity index (χ3n) is 4.20. The molecular weight excluding hydrogens is 314 g/mol. The quantitative estimate of drug-likeness (QED) is 0.661. The van der Waals surface area contributed by atoms with Crippen LogP contribution in [0.5, 0.6) is 0 Å². The number of carbonyl (C=O) groups excluding carboxylic acids is 1. The van der Waals surface area contributed by atoms with Crippen molar-refractivity contribution in [3.63, 3.8) is 0 Å². The van der Waals surface area contributed by atoms with Crippen LogP contribution >= 0.6 is 0 Å². The smallest absolute Gasteiger partial charge is 0.326 e. The molecule has 0 aliphatic heterocycles. The molecule has 1 atom stereocenters. The fraction of sp³-hybridized carbons (Fsp3) is 0.333. The molecule has 0 radical (unpaired) electrons. The Hall–Kier alpha value is -2.62. The molecule has 132 valence electrons. The molecule has 0 aliphatic rings. The number of unbranched alkanes of at least 4 members (excludes halogenated alkanes) is 3. The summed E-state index contributed by atoms with van der Waals surface area (Å²) in [4.78, 5) is 23.7. The number of carboxylic acid groups (broad SMARTS) is 1. The highest BCUT2D eigenvalue weighted by Gasteiger charge is 2.20. The van der Waals surface area contributed by atoms with Gasteiger partial charge < -0.3 is 10.4 Å². The number of carboxylic acids is 1. The van der Waals surface area contributed by atoms with E-state index in [2.05, 4.69) is 12.2 Å². The van der Waals surface area contributed by atoms with Gasteiger partial charge in [-0.15, -0.1) is 0 Å². The van der Waals surface area contributed by atoms with Crippen molar-refractivity contribution in [2.24, 2.45) is 0 Å². The molecule has 0 bridgehead atoms. The second-order valence-electron chi connectivity index (χ2n) is 6.16. The highest BCUT2D eigenvalue weighted by atomic mass is 16.4. The fourth-order valence-corrected chi connectivity index (χ4v) is 2.72. The Morgan fingerprint density at radius 3 is 2.16 bits per heavy atom. The van der Waals surface area contributed by atoms with Crippen molar-refractivity contribution in [3.05, 3.63) is 60.2 Å². The van der Waals surface area contributed by atoms with Crippen molar-refractivity contribution in [1.29, 1.82) is 0 Å². The molecule has 0 aromatic heterocycles. The summed E-state index contributed by atoms with van der Waals surface area (Å²) in [5.74, 6) is -1.33. The van der Waals surface area contributed by atoms with Crippen LogP contribution in [-0.2, 0) is 4.79 Å². The largest absolute Gasteiger partial charge is 0.480 e. The zero-order chi connectivity index (χ0) is 18.1. The number of aliphatic carboxylic acids is 1. The molecular formula is C21H25NO3. The van der Waals surface area contributed by atoms with Crippen LogP contribution in [0.2, 0.25) is 0 Å². The number of amides is 1. The number of benzene rings is 2. The number of carbonyl (C=O) groups is 2. The third-order valence-corrected chi connectivity index (χ3v) is 4.20. The van der Waals surface area contributed by atoms with Crippen LogP contribution in [0.1, 0.15) is 49.4 Å². The van der Waals surface area contributed by atoms with Crippen molar-refractivity contribution < 1.29 is 14.7 Å². The summed E-state index contributed by atoms with van der Waals surface area (Å²) in [6, 6.07) is 16.3. The Morgan fingerprint density at radius 2 is 1.56 bits per heavy atom. The van der Waals surface area contributed by atoms with E-state index in [-0.39, 0.29) is 5.91 Å². The van der Waals surface area contributed by atoms with Gasteiger partial charge in [-0.2, -0.15) is 0 Å². The van der Waals surface area contributed by atoms with Gasteiger partial charge in [0.15, 0.2) is 0 Å². The Labute approximate surface area is 148 Å². The summed E-state index contributed by atoms with van der Waals surface area (Å²) < 4.78 is 0. The lowest BCUT2D eigenvalue weighted by atomic mass is 10.0. The lowest BCUT2D eigenvalue weighted by Crippen LogP contribution is -2.40. The van der Waals surface area contributed by atoms with Gasteiger partial charge in [-0.25, -0.2) is 4.79 Å². The van der Waals surface area contributed by atoms with Gasteiger partial charge in [-0.1, -0.05) is 75.1 Å². The molecule has 0 unspecified atom stereocenters. The minimum Gasteiger partial charge on any atom is -0.480 e. The average Bonchev–Trinajstić information content (AvgIpc) is 2.64. The van der Waals surface area contributed by atoms with Gasteiger partial charge in [-0.05, 0) is 29.7 Å². The first-order valence-corrected chi connectivity index (χ1v) is 8.81. The molecule has 1 amide bonds. The highest BCUT2D eigenvalue weighted by molar-refractivity contribution is 5.97. The molecule has 0 aliphatic carbocycles. The summed E-state index contributed by atoms with van der Waals surface area (Å²) in [6.07, 6.45) is 4.43. The van der Waals surface area contributed by atoms with Gasteiger partial charge in [-0.3, -0.25) is 4.79 Å². The van der Waals surface area contributed by atoms with Gasteiger partial charge in [0.25, 0.3) is 5.91 Å². The predicted molar refractivity (Wildman–Crippen MR) is 99.5 cm³/mol. The van der Waals surface area contributed by atoms with Crippen LogP contribution in [0.25, 0.3) is 11.1 Å². The maximum absolute atomic E-state index is 12.3. The second-order valence-corrected chi connectivity index (χ2v) is 6.16. The van der Waals surface area contributed by atoms with E-state index >= 15 is 0 Å². The Bertz CT molecular complexity index is 680. The molecule has 0 saturated heterocycles. The van der Waals surface area contributed by atoms with E-state index < -0.39 is 12.0 Å². The van der Waals surface area contributed by atoms with Gasteiger partial charge in [0.05, 0.1) is 0 Å². The third kappa shape index (κ3) is 5.75. The van der Waals surface area contributed by atoms with Crippen LogP contribution in [-0.4, -0.2) is 23.0 Å². The predicted octanol–water partition coefficient (Wildman–Crippen LogP) is 4.51. The maximum Gasteiger partial charge on any atom is 0.326 e. The Balaban J connectivity index is 1.97. The second kappa shape index (κ2) is 9.62. The van der Waals surface area contributed by atoms with Crippen molar-refractivity contribution >= 4 is 11.9 Å². The van der Waals surface area contributed by atoms with Crippen LogP contribution in [0.4, 0.5) is 0 Å². The lowest BCUT2D eigenvalue weighted by Gasteiger charge is -2.14. The fourth-order valence-electron chi connectivity index (χ4n) is 2.72. The molecule has 2 aromatic carbocycles. The molecule has 25 heavy (non-hydrogen) atoms. The minimum atomic E-state index is -0.981. The van der Waals surface area contributed by atoms with Crippen molar-refractivity contribution in [2.75, 3.05) is 0 Å². The molecule has 0 saturated carbocycles. The summed E-state index contributed by atoms with van der Waals surface area (Å²) in [6.45, 7) is 2.11. The minimum absolute atomic E-state index is 0.345. The molecule has 2 N–H and O–H groups in total. The summed E-state index contributed by atoms with van der Waals surface area (Å²) in [7, 11) is 0. The molecule has 2 rings (SSSR count). The van der Waals surface area contributed by atoms with Crippen LogP contribution < -0.4 is 5.32 Å². The zero-order valence-corrected chi connectivity index (χ0v) is 14.6. The van der Waals surface area contributed by atoms with Gasteiger partial charge in [0.1, 0.15) is 6.04 Å². The molecule has 4 heteroatoms. The number of rotatable bonds is 9. The average molecular weight is 339 g/mol. The van der Waals surface area contributed by atoms with Crippen molar-refractivity contribution in [3.8, 4) is 11.1 Å². The van der Waals surface area contributed by atoms with Gasteiger partial charge in [0.2, 0.25) is 0 Å². The number of nitrogens with one attached hydrogen (secondary N) is 1. The summed E-state index contributed by atoms with van der Waals surface area (Å²) in [5, 5.41) is 11.9. The molecule has 4 nitrogen and oxygen atoms in total. The standard InChI is InChI=1S/C21H25NO3/c1-2-3-4-8-11-19(21(24)25)22-20(23)18-14-12-17(13-15-18)16-9-6-5-7-10-16/h5-7,9-10,12-15,19H,2-4,8,11H2,1H3,(H,22,23)(H,24,25)/t19-/m0/s1. The normalized spacial score (nSPS) is 11.7. The monoisotopic (exact) mass is 339 g/mol. The summed E-state index contributed by atoms with van der Waals surface area (Å²) in [5.41, 5.74) is 2.57.